The Hall–Kier alpha value is -2.68. The van der Waals surface area contributed by atoms with E-state index in [2.05, 4.69) is 0 Å². The maximum Gasteiger partial charge on any atom is 0.335 e. The van der Waals surface area contributed by atoms with Crippen molar-refractivity contribution in [2.75, 3.05) is 0 Å². The van der Waals surface area contributed by atoms with Crippen molar-refractivity contribution in [3.05, 3.63) is 77.2 Å². The minimum atomic E-state index is -0.952. The second-order valence-corrected chi connectivity index (χ2v) is 5.62. The van der Waals surface area contributed by atoms with Crippen LogP contribution in [0.3, 0.4) is 0 Å². The third kappa shape index (κ3) is 3.09. The zero-order valence-electron chi connectivity index (χ0n) is 12.8. The van der Waals surface area contributed by atoms with Crippen LogP contribution in [0.2, 0.25) is 0 Å². The van der Waals surface area contributed by atoms with Crippen LogP contribution in [0.4, 0.5) is 4.39 Å². The third-order valence-electron chi connectivity index (χ3n) is 4.09. The normalized spacial score (nSPS) is 14.8. The molecule has 0 fully saturated rings. The Kier molecular flexibility index (Phi) is 4.11. The lowest BCUT2D eigenvalue weighted by molar-refractivity contribution is 0.0697. The van der Waals surface area contributed by atoms with Crippen molar-refractivity contribution >= 4 is 22.3 Å². The van der Waals surface area contributed by atoms with Crippen LogP contribution in [0.5, 0.6) is 0 Å². The highest BCUT2D eigenvalue weighted by Crippen LogP contribution is 2.31. The van der Waals surface area contributed by atoms with Gasteiger partial charge in [0.25, 0.3) is 0 Å². The quantitative estimate of drug-likeness (QED) is 0.811. The fourth-order valence-corrected chi connectivity index (χ4v) is 2.83. The van der Waals surface area contributed by atoms with Crippen LogP contribution in [0.25, 0.3) is 16.3 Å². The number of aromatic carboxylic acids is 1. The topological polar surface area (TPSA) is 37.3 Å². The Balaban J connectivity index is 2.22. The lowest BCUT2D eigenvalue weighted by Gasteiger charge is -2.09. The number of halogens is 1. The number of carbonyl (C=O) groups is 1. The molecule has 1 aliphatic rings. The zero-order valence-corrected chi connectivity index (χ0v) is 12.8. The summed E-state index contributed by atoms with van der Waals surface area (Å²) in [5.41, 5.74) is 3.10. The average molecular weight is 308 g/mol. The summed E-state index contributed by atoms with van der Waals surface area (Å²) in [5, 5.41) is 11.0. The number of rotatable bonds is 3. The van der Waals surface area contributed by atoms with E-state index in [1.165, 1.54) is 6.08 Å². The van der Waals surface area contributed by atoms with Gasteiger partial charge in [-0.3, -0.25) is 0 Å². The van der Waals surface area contributed by atoms with E-state index in [9.17, 15) is 14.3 Å². The van der Waals surface area contributed by atoms with Gasteiger partial charge >= 0.3 is 5.97 Å². The molecule has 0 saturated carbocycles. The Morgan fingerprint density at radius 3 is 2.78 bits per heavy atom. The molecule has 3 rings (SSSR count). The SMILES string of the molecule is CCC1=CC(c2cccc3ccc(C(=O)O)cc23)=CC=C(F)C1. The molecule has 0 aromatic heterocycles. The molecular weight excluding hydrogens is 291 g/mol. The lowest BCUT2D eigenvalue weighted by Crippen LogP contribution is -1.96. The van der Waals surface area contributed by atoms with Crippen molar-refractivity contribution in [2.24, 2.45) is 0 Å². The molecule has 0 spiro atoms. The molecule has 0 saturated heterocycles. The molecule has 23 heavy (non-hydrogen) atoms. The molecule has 1 N–H and O–H groups in total. The first-order valence-corrected chi connectivity index (χ1v) is 7.60. The molecule has 0 atom stereocenters. The van der Waals surface area contributed by atoms with Gasteiger partial charge in [-0.25, -0.2) is 9.18 Å². The first kappa shape index (κ1) is 15.2. The highest BCUT2D eigenvalue weighted by atomic mass is 19.1. The fourth-order valence-electron chi connectivity index (χ4n) is 2.83. The molecule has 3 heteroatoms. The van der Waals surface area contributed by atoms with Gasteiger partial charge in [0.2, 0.25) is 0 Å². The Bertz CT molecular complexity index is 872. The highest BCUT2D eigenvalue weighted by Gasteiger charge is 2.11. The van der Waals surface area contributed by atoms with E-state index < -0.39 is 5.97 Å². The van der Waals surface area contributed by atoms with Gasteiger partial charge < -0.3 is 5.11 Å². The number of fused-ring (bicyclic) bond motifs is 1. The predicted octanol–water partition coefficient (Wildman–Crippen LogP) is 5.51. The van der Waals surface area contributed by atoms with Crippen LogP contribution >= 0.6 is 0 Å². The maximum atomic E-state index is 13.8. The largest absolute Gasteiger partial charge is 0.478 e. The van der Waals surface area contributed by atoms with E-state index in [1.54, 1.807) is 24.3 Å². The number of hydrogen-bond acceptors (Lipinski definition) is 1. The Morgan fingerprint density at radius 1 is 1.22 bits per heavy atom. The number of hydrogen-bond donors (Lipinski definition) is 1. The summed E-state index contributed by atoms with van der Waals surface area (Å²) in [6.07, 6.45) is 6.38. The second kappa shape index (κ2) is 6.21. The average Bonchev–Trinajstić information content (AvgIpc) is 2.75. The number of benzene rings is 2. The minimum Gasteiger partial charge on any atom is -0.478 e. The minimum absolute atomic E-state index is 0.153. The van der Waals surface area contributed by atoms with Crippen LogP contribution in [0.1, 0.15) is 35.7 Å². The van der Waals surface area contributed by atoms with E-state index >= 15 is 0 Å². The molecule has 2 nitrogen and oxygen atoms in total. The van der Waals surface area contributed by atoms with Gasteiger partial charge in [-0.1, -0.05) is 48.9 Å². The van der Waals surface area contributed by atoms with Crippen LogP contribution < -0.4 is 0 Å². The van der Waals surface area contributed by atoms with Crippen LogP contribution in [0, 0.1) is 0 Å². The van der Waals surface area contributed by atoms with Crippen molar-refractivity contribution < 1.29 is 14.3 Å². The van der Waals surface area contributed by atoms with Gasteiger partial charge in [0, 0.05) is 6.42 Å². The predicted molar refractivity (Wildman–Crippen MR) is 91.1 cm³/mol. The van der Waals surface area contributed by atoms with Crippen molar-refractivity contribution in [1.29, 1.82) is 0 Å². The zero-order chi connectivity index (χ0) is 16.4. The number of carboxylic acids is 1. The van der Waals surface area contributed by atoms with Crippen LogP contribution in [-0.2, 0) is 0 Å². The van der Waals surface area contributed by atoms with Crippen LogP contribution in [0.15, 0.2) is 66.0 Å². The summed E-state index contributed by atoms with van der Waals surface area (Å²) in [6.45, 7) is 2.01. The van der Waals surface area contributed by atoms with Gasteiger partial charge in [-0.15, -0.1) is 0 Å². The molecule has 116 valence electrons. The van der Waals surface area contributed by atoms with Crippen molar-refractivity contribution in [3.63, 3.8) is 0 Å². The van der Waals surface area contributed by atoms with Crippen molar-refractivity contribution in [3.8, 4) is 0 Å². The monoisotopic (exact) mass is 308 g/mol. The first-order valence-electron chi connectivity index (χ1n) is 7.60. The molecule has 0 radical (unpaired) electrons. The molecule has 0 bridgehead atoms. The van der Waals surface area contributed by atoms with E-state index in [4.69, 9.17) is 0 Å². The summed E-state index contributed by atoms with van der Waals surface area (Å²) < 4.78 is 13.8. The first-order chi connectivity index (χ1) is 11.1. The number of allylic oxidation sites excluding steroid dienone is 6. The summed E-state index contributed by atoms with van der Waals surface area (Å²) in [4.78, 5) is 11.2. The smallest absolute Gasteiger partial charge is 0.335 e. The Labute approximate surface area is 134 Å². The summed E-state index contributed by atoms with van der Waals surface area (Å²) >= 11 is 0. The highest BCUT2D eigenvalue weighted by molar-refractivity contribution is 6.00. The molecular formula is C20H17FO2. The van der Waals surface area contributed by atoms with E-state index in [-0.39, 0.29) is 11.4 Å². The number of carboxylic acid groups (broad SMARTS) is 1. The van der Waals surface area contributed by atoms with Gasteiger partial charge in [0.15, 0.2) is 0 Å². The second-order valence-electron chi connectivity index (χ2n) is 5.62. The van der Waals surface area contributed by atoms with Gasteiger partial charge in [0.1, 0.15) is 5.83 Å². The molecule has 0 heterocycles. The fraction of sp³-hybridized carbons (Fsp3) is 0.150. The summed E-state index contributed by atoms with van der Waals surface area (Å²) in [7, 11) is 0. The third-order valence-corrected chi connectivity index (χ3v) is 4.09. The molecule has 2 aromatic rings. The van der Waals surface area contributed by atoms with Crippen LogP contribution in [-0.4, -0.2) is 11.1 Å². The lowest BCUT2D eigenvalue weighted by atomic mass is 9.95. The molecule has 0 unspecified atom stereocenters. The standard InChI is InChI=1S/C20H17FO2/c1-2-13-10-15(8-9-17(21)11-13)18-5-3-4-14-6-7-16(20(22)23)12-19(14)18/h3-10,12H,2,11H2,1H3,(H,22,23). The van der Waals surface area contributed by atoms with Gasteiger partial charge in [0.05, 0.1) is 5.56 Å². The van der Waals surface area contributed by atoms with Crippen molar-refractivity contribution in [2.45, 2.75) is 19.8 Å². The van der Waals surface area contributed by atoms with E-state index in [1.807, 2.05) is 31.2 Å². The van der Waals surface area contributed by atoms with Gasteiger partial charge in [-0.2, -0.15) is 0 Å². The van der Waals surface area contributed by atoms with Gasteiger partial charge in [-0.05, 0) is 46.5 Å². The maximum absolute atomic E-state index is 13.8. The molecule has 1 aliphatic carbocycles. The van der Waals surface area contributed by atoms with E-state index in [0.29, 0.717) is 6.42 Å². The van der Waals surface area contributed by atoms with E-state index in [0.717, 1.165) is 33.9 Å². The molecule has 0 amide bonds. The Morgan fingerprint density at radius 2 is 2.04 bits per heavy atom. The van der Waals surface area contributed by atoms with Crippen molar-refractivity contribution in [1.82, 2.24) is 0 Å². The summed E-state index contributed by atoms with van der Waals surface area (Å²) in [6, 6.07) is 10.9. The molecule has 0 aliphatic heterocycles. The summed E-state index contributed by atoms with van der Waals surface area (Å²) in [5.74, 6) is -1.10. The molecule has 2 aromatic carbocycles.